The highest BCUT2D eigenvalue weighted by molar-refractivity contribution is 14.1. The Bertz CT molecular complexity index is 477. The summed E-state index contributed by atoms with van der Waals surface area (Å²) in [5, 5.41) is 12.9. The van der Waals surface area contributed by atoms with Gasteiger partial charge >= 0.3 is 0 Å². The van der Waals surface area contributed by atoms with E-state index in [-0.39, 0.29) is 5.92 Å². The molecule has 1 N–H and O–H groups in total. The van der Waals surface area contributed by atoms with Crippen LogP contribution >= 0.6 is 33.9 Å². The van der Waals surface area contributed by atoms with E-state index in [0.29, 0.717) is 12.1 Å². The highest BCUT2D eigenvalue weighted by atomic mass is 127. The Labute approximate surface area is 126 Å². The average Bonchev–Trinajstić information content (AvgIpc) is 2.94. The fourth-order valence-corrected chi connectivity index (χ4v) is 5.39. The van der Waals surface area contributed by atoms with Crippen LogP contribution in [0.1, 0.15) is 48.6 Å². The summed E-state index contributed by atoms with van der Waals surface area (Å²) < 4.78 is 1.40. The smallest absolute Gasteiger partial charge is 0.0672 e. The predicted octanol–water partition coefficient (Wildman–Crippen LogP) is 4.01. The highest BCUT2D eigenvalue weighted by Gasteiger charge is 2.31. The van der Waals surface area contributed by atoms with Crippen molar-refractivity contribution >= 4 is 33.9 Å². The van der Waals surface area contributed by atoms with Gasteiger partial charge < -0.3 is 5.32 Å². The van der Waals surface area contributed by atoms with Crippen LogP contribution in [0.15, 0.2) is 6.07 Å². The third-order valence-corrected chi connectivity index (χ3v) is 6.15. The Balaban J connectivity index is 1.76. The van der Waals surface area contributed by atoms with Crippen molar-refractivity contribution < 1.29 is 0 Å². The zero-order valence-corrected chi connectivity index (χ0v) is 13.3. The number of rotatable bonds is 2. The SMILES string of the molecule is N#CC1CCCC1NC1CCCc2sc(I)cc21. The molecule has 0 bridgehead atoms. The van der Waals surface area contributed by atoms with Crippen molar-refractivity contribution in [3.63, 3.8) is 0 Å². The Morgan fingerprint density at radius 2 is 2.22 bits per heavy atom. The Morgan fingerprint density at radius 3 is 3.06 bits per heavy atom. The molecule has 0 amide bonds. The monoisotopic (exact) mass is 372 g/mol. The molecule has 1 saturated carbocycles. The van der Waals surface area contributed by atoms with Gasteiger partial charge in [-0.1, -0.05) is 6.42 Å². The number of halogens is 1. The van der Waals surface area contributed by atoms with Gasteiger partial charge in [0.15, 0.2) is 0 Å². The molecule has 3 unspecified atom stereocenters. The first-order chi connectivity index (χ1) is 8.78. The lowest BCUT2D eigenvalue weighted by Crippen LogP contribution is -2.36. The molecule has 0 aromatic carbocycles. The molecule has 1 aromatic heterocycles. The topological polar surface area (TPSA) is 35.8 Å². The second-order valence-electron chi connectivity index (χ2n) is 5.31. The number of thiophene rings is 1. The third-order valence-electron chi connectivity index (χ3n) is 4.18. The molecule has 96 valence electrons. The largest absolute Gasteiger partial charge is 0.306 e. The summed E-state index contributed by atoms with van der Waals surface area (Å²) in [6.45, 7) is 0. The normalized spacial score (nSPS) is 31.0. The standard InChI is InChI=1S/C14H17IN2S/c15-14-7-10-12(5-2-6-13(10)18-14)17-11-4-1-3-9(11)8-16/h7,9,11-12,17H,1-6H2. The molecule has 2 aliphatic rings. The summed E-state index contributed by atoms with van der Waals surface area (Å²) >= 11 is 4.37. The first-order valence-electron chi connectivity index (χ1n) is 6.71. The van der Waals surface area contributed by atoms with Crippen molar-refractivity contribution in [1.29, 1.82) is 5.26 Å². The fourth-order valence-electron chi connectivity index (χ4n) is 3.27. The van der Waals surface area contributed by atoms with E-state index >= 15 is 0 Å². The van der Waals surface area contributed by atoms with E-state index < -0.39 is 0 Å². The molecule has 1 aromatic rings. The zero-order valence-electron chi connectivity index (χ0n) is 10.3. The summed E-state index contributed by atoms with van der Waals surface area (Å²) in [7, 11) is 0. The van der Waals surface area contributed by atoms with Crippen molar-refractivity contribution in [3.05, 3.63) is 19.4 Å². The molecular weight excluding hydrogens is 355 g/mol. The maximum Gasteiger partial charge on any atom is 0.0672 e. The minimum atomic E-state index is 0.230. The van der Waals surface area contributed by atoms with Crippen LogP contribution < -0.4 is 5.32 Å². The number of fused-ring (bicyclic) bond motifs is 1. The van der Waals surface area contributed by atoms with E-state index in [1.54, 1.807) is 4.88 Å². The van der Waals surface area contributed by atoms with Gasteiger partial charge in [-0.3, -0.25) is 0 Å². The van der Waals surface area contributed by atoms with Crippen molar-refractivity contribution in [2.45, 2.75) is 50.6 Å². The molecule has 4 heteroatoms. The molecule has 3 rings (SSSR count). The summed E-state index contributed by atoms with van der Waals surface area (Å²) in [5.74, 6) is 0.230. The van der Waals surface area contributed by atoms with Crippen molar-refractivity contribution in [1.82, 2.24) is 5.32 Å². The number of aryl methyl sites for hydroxylation is 1. The number of nitriles is 1. The highest BCUT2D eigenvalue weighted by Crippen LogP contribution is 2.38. The molecule has 1 heterocycles. The number of hydrogen-bond acceptors (Lipinski definition) is 3. The van der Waals surface area contributed by atoms with E-state index in [4.69, 9.17) is 0 Å². The Hall–Kier alpha value is -0.120. The number of nitrogens with zero attached hydrogens (tertiary/aromatic N) is 1. The van der Waals surface area contributed by atoms with E-state index in [1.807, 2.05) is 11.3 Å². The van der Waals surface area contributed by atoms with Crippen LogP contribution in [0.4, 0.5) is 0 Å². The van der Waals surface area contributed by atoms with Crippen LogP contribution in [0.3, 0.4) is 0 Å². The minimum Gasteiger partial charge on any atom is -0.306 e. The van der Waals surface area contributed by atoms with Crippen molar-refractivity contribution in [3.8, 4) is 6.07 Å². The molecule has 3 atom stereocenters. The molecule has 2 nitrogen and oxygen atoms in total. The van der Waals surface area contributed by atoms with Crippen LogP contribution in [0.25, 0.3) is 0 Å². The Morgan fingerprint density at radius 1 is 1.33 bits per heavy atom. The lowest BCUT2D eigenvalue weighted by molar-refractivity contribution is 0.371. The summed E-state index contributed by atoms with van der Waals surface area (Å²) in [6.07, 6.45) is 7.21. The van der Waals surface area contributed by atoms with Crippen LogP contribution in [-0.2, 0) is 6.42 Å². The maximum absolute atomic E-state index is 9.18. The van der Waals surface area contributed by atoms with Gasteiger partial charge in [0.1, 0.15) is 0 Å². The zero-order chi connectivity index (χ0) is 12.5. The van der Waals surface area contributed by atoms with Gasteiger partial charge in [-0.05, 0) is 66.3 Å². The van der Waals surface area contributed by atoms with Gasteiger partial charge in [-0.15, -0.1) is 11.3 Å². The van der Waals surface area contributed by atoms with E-state index in [9.17, 15) is 5.26 Å². The predicted molar refractivity (Wildman–Crippen MR) is 82.6 cm³/mol. The van der Waals surface area contributed by atoms with Gasteiger partial charge in [0, 0.05) is 17.0 Å². The van der Waals surface area contributed by atoms with E-state index in [1.165, 1.54) is 40.6 Å². The lowest BCUT2D eigenvalue weighted by Gasteiger charge is -2.28. The summed E-state index contributed by atoms with van der Waals surface area (Å²) in [4.78, 5) is 1.56. The maximum atomic E-state index is 9.18. The van der Waals surface area contributed by atoms with Gasteiger partial charge in [-0.25, -0.2) is 0 Å². The second kappa shape index (κ2) is 5.48. The van der Waals surface area contributed by atoms with Gasteiger partial charge in [0.2, 0.25) is 0 Å². The average molecular weight is 372 g/mol. The van der Waals surface area contributed by atoms with Gasteiger partial charge in [0.25, 0.3) is 0 Å². The molecule has 0 aliphatic heterocycles. The summed E-state index contributed by atoms with van der Waals surface area (Å²) in [5.41, 5.74) is 1.51. The summed E-state index contributed by atoms with van der Waals surface area (Å²) in [6, 6.07) is 5.73. The van der Waals surface area contributed by atoms with Crippen LogP contribution in [-0.4, -0.2) is 6.04 Å². The van der Waals surface area contributed by atoms with E-state index in [2.05, 4.69) is 40.0 Å². The van der Waals surface area contributed by atoms with Crippen LogP contribution in [0.2, 0.25) is 0 Å². The fraction of sp³-hybridized carbons (Fsp3) is 0.643. The van der Waals surface area contributed by atoms with Gasteiger partial charge in [-0.2, -0.15) is 5.26 Å². The molecule has 18 heavy (non-hydrogen) atoms. The Kier molecular flexibility index (Phi) is 3.92. The van der Waals surface area contributed by atoms with E-state index in [0.717, 1.165) is 6.42 Å². The molecule has 0 saturated heterocycles. The van der Waals surface area contributed by atoms with Crippen LogP contribution in [0.5, 0.6) is 0 Å². The first kappa shape index (κ1) is 12.9. The third kappa shape index (κ3) is 2.45. The number of hydrogen-bond donors (Lipinski definition) is 1. The van der Waals surface area contributed by atoms with Gasteiger partial charge in [0.05, 0.1) is 14.9 Å². The minimum absolute atomic E-state index is 0.230. The van der Waals surface area contributed by atoms with Crippen molar-refractivity contribution in [2.75, 3.05) is 0 Å². The van der Waals surface area contributed by atoms with Crippen LogP contribution in [0, 0.1) is 20.1 Å². The molecule has 0 radical (unpaired) electrons. The molecule has 1 fully saturated rings. The molecule has 0 spiro atoms. The molecule has 2 aliphatic carbocycles. The lowest BCUT2D eigenvalue weighted by atomic mass is 9.92. The molecular formula is C14H17IN2S. The van der Waals surface area contributed by atoms with Crippen molar-refractivity contribution in [2.24, 2.45) is 5.92 Å². The quantitative estimate of drug-likeness (QED) is 0.797. The first-order valence-corrected chi connectivity index (χ1v) is 8.61. The number of nitrogens with one attached hydrogen (secondary N) is 1. The second-order valence-corrected chi connectivity index (χ2v) is 8.34.